The molecule has 0 heterocycles. The summed E-state index contributed by atoms with van der Waals surface area (Å²) in [6.07, 6.45) is 1.57. The first kappa shape index (κ1) is 22.4. The van der Waals surface area contributed by atoms with Gasteiger partial charge in [0.15, 0.2) is 11.5 Å². The third-order valence-corrected chi connectivity index (χ3v) is 4.34. The summed E-state index contributed by atoms with van der Waals surface area (Å²) in [5.74, 6) is -0.462. The number of hydrogen-bond acceptors (Lipinski definition) is 7. The van der Waals surface area contributed by atoms with Gasteiger partial charge in [-0.3, -0.25) is 5.43 Å². The van der Waals surface area contributed by atoms with Crippen molar-refractivity contribution in [2.75, 3.05) is 19.1 Å². The predicted molar refractivity (Wildman–Crippen MR) is 120 cm³/mol. The van der Waals surface area contributed by atoms with Crippen LogP contribution in [0, 0.1) is 0 Å². The van der Waals surface area contributed by atoms with E-state index in [-0.39, 0.29) is 11.3 Å². The number of rotatable bonds is 9. The monoisotopic (exact) mass is 434 g/mol. The van der Waals surface area contributed by atoms with E-state index in [1.807, 2.05) is 6.92 Å². The number of hydrogen-bond donors (Lipinski definition) is 2. The number of aromatic carboxylic acids is 1. The summed E-state index contributed by atoms with van der Waals surface area (Å²) in [5.41, 5.74) is 4.67. The number of carboxylic acid groups (broad SMARTS) is 1. The van der Waals surface area contributed by atoms with E-state index in [1.165, 1.54) is 19.2 Å². The predicted octanol–water partition coefficient (Wildman–Crippen LogP) is 4.46. The Labute approximate surface area is 185 Å². The average Bonchev–Trinajstić information content (AvgIpc) is 2.81. The maximum absolute atomic E-state index is 12.6. The van der Waals surface area contributed by atoms with E-state index in [9.17, 15) is 9.59 Å². The molecule has 0 unspecified atom stereocenters. The third-order valence-electron chi connectivity index (χ3n) is 4.34. The quantitative estimate of drug-likeness (QED) is 0.222. The molecule has 8 nitrogen and oxygen atoms in total. The van der Waals surface area contributed by atoms with Gasteiger partial charge in [0.05, 0.1) is 31.2 Å². The van der Waals surface area contributed by atoms with Crippen molar-refractivity contribution < 1.29 is 28.9 Å². The van der Waals surface area contributed by atoms with Crippen LogP contribution in [0.4, 0.5) is 5.69 Å². The van der Waals surface area contributed by atoms with Crippen LogP contribution in [0.2, 0.25) is 0 Å². The van der Waals surface area contributed by atoms with Crippen LogP contribution in [0.1, 0.15) is 33.2 Å². The van der Waals surface area contributed by atoms with Crippen LogP contribution >= 0.6 is 0 Å². The summed E-state index contributed by atoms with van der Waals surface area (Å²) in [6.45, 7) is 2.21. The van der Waals surface area contributed by atoms with Gasteiger partial charge in [-0.05, 0) is 67.1 Å². The number of nitrogens with one attached hydrogen (secondary N) is 1. The van der Waals surface area contributed by atoms with Crippen molar-refractivity contribution in [2.24, 2.45) is 5.10 Å². The highest BCUT2D eigenvalue weighted by Gasteiger charge is 2.16. The molecule has 8 heteroatoms. The van der Waals surface area contributed by atoms with Crippen LogP contribution in [0.25, 0.3) is 0 Å². The maximum atomic E-state index is 12.6. The second-order valence-corrected chi connectivity index (χ2v) is 6.48. The minimum Gasteiger partial charge on any atom is -0.496 e. The van der Waals surface area contributed by atoms with Gasteiger partial charge in [-0.15, -0.1) is 0 Å². The Morgan fingerprint density at radius 3 is 2.44 bits per heavy atom. The minimum absolute atomic E-state index is 0.194. The fourth-order valence-electron chi connectivity index (χ4n) is 2.79. The summed E-state index contributed by atoms with van der Waals surface area (Å²) in [4.78, 5) is 23.5. The average molecular weight is 434 g/mol. The van der Waals surface area contributed by atoms with Gasteiger partial charge in [-0.1, -0.05) is 12.1 Å². The number of carbonyl (C=O) groups is 2. The Balaban J connectivity index is 1.73. The lowest BCUT2D eigenvalue weighted by Crippen LogP contribution is -2.11. The number of benzene rings is 3. The molecule has 0 saturated carbocycles. The highest BCUT2D eigenvalue weighted by atomic mass is 16.6. The van der Waals surface area contributed by atoms with Gasteiger partial charge in [0, 0.05) is 0 Å². The third kappa shape index (κ3) is 5.63. The van der Waals surface area contributed by atoms with E-state index in [0.717, 1.165) is 0 Å². The number of esters is 1. The topological polar surface area (TPSA) is 106 Å². The van der Waals surface area contributed by atoms with Gasteiger partial charge in [-0.25, -0.2) is 9.59 Å². The molecule has 3 rings (SSSR count). The molecule has 3 aromatic carbocycles. The molecule has 0 bridgehead atoms. The molecule has 0 amide bonds. The number of anilines is 1. The number of nitrogens with zero attached hydrogens (tertiary/aromatic N) is 1. The highest BCUT2D eigenvalue weighted by molar-refractivity contribution is 5.94. The molecule has 32 heavy (non-hydrogen) atoms. The molecular formula is C24H22N2O6. The summed E-state index contributed by atoms with van der Waals surface area (Å²) in [6, 6.07) is 18.1. The number of ether oxygens (including phenoxy) is 3. The van der Waals surface area contributed by atoms with E-state index in [2.05, 4.69) is 10.5 Å². The summed E-state index contributed by atoms with van der Waals surface area (Å²) >= 11 is 0. The molecule has 0 atom stereocenters. The standard InChI is InChI=1S/C24H22N2O6/c1-3-31-22-14-16(15-25-26-18-11-9-17(10-12-18)23(27)28)8-13-21(22)32-24(29)19-6-4-5-7-20(19)30-2/h4-15,26H,3H2,1-2H3,(H,27,28)/b25-15-. The van der Waals surface area contributed by atoms with E-state index >= 15 is 0 Å². The van der Waals surface area contributed by atoms with Crippen molar-refractivity contribution in [1.29, 1.82) is 0 Å². The number of para-hydroxylation sites is 1. The second kappa shape index (κ2) is 10.6. The number of methoxy groups -OCH3 is 1. The summed E-state index contributed by atoms with van der Waals surface area (Å²) in [7, 11) is 1.49. The second-order valence-electron chi connectivity index (χ2n) is 6.48. The number of carbonyl (C=O) groups excluding carboxylic acids is 1. The zero-order chi connectivity index (χ0) is 22.9. The van der Waals surface area contributed by atoms with Crippen LogP contribution in [0.15, 0.2) is 71.8 Å². The van der Waals surface area contributed by atoms with Crippen LogP contribution in [0.5, 0.6) is 17.2 Å². The normalized spacial score (nSPS) is 10.6. The van der Waals surface area contributed by atoms with Crippen molar-refractivity contribution in [1.82, 2.24) is 0 Å². The summed E-state index contributed by atoms with van der Waals surface area (Å²) < 4.78 is 16.4. The van der Waals surface area contributed by atoms with Gasteiger partial charge in [0.2, 0.25) is 0 Å². The fourth-order valence-corrected chi connectivity index (χ4v) is 2.79. The Morgan fingerprint density at radius 1 is 1.00 bits per heavy atom. The van der Waals surface area contributed by atoms with Crippen molar-refractivity contribution in [2.45, 2.75) is 6.92 Å². The number of hydrazone groups is 1. The lowest BCUT2D eigenvalue weighted by atomic mass is 10.2. The molecule has 0 aromatic heterocycles. The first-order valence-electron chi connectivity index (χ1n) is 9.76. The molecule has 0 fully saturated rings. The van der Waals surface area contributed by atoms with Crippen molar-refractivity contribution in [3.8, 4) is 17.2 Å². The Hall–Kier alpha value is -4.33. The first-order chi connectivity index (χ1) is 15.5. The van der Waals surface area contributed by atoms with Crippen molar-refractivity contribution in [3.63, 3.8) is 0 Å². The van der Waals surface area contributed by atoms with E-state index in [0.29, 0.717) is 34.9 Å². The molecule has 2 N–H and O–H groups in total. The van der Waals surface area contributed by atoms with Crippen LogP contribution < -0.4 is 19.6 Å². The Kier molecular flexibility index (Phi) is 7.42. The van der Waals surface area contributed by atoms with Crippen molar-refractivity contribution >= 4 is 23.8 Å². The fraction of sp³-hybridized carbons (Fsp3) is 0.125. The Bertz CT molecular complexity index is 1130. The van der Waals surface area contributed by atoms with Crippen LogP contribution in [-0.2, 0) is 0 Å². The molecule has 0 aliphatic heterocycles. The van der Waals surface area contributed by atoms with Gasteiger partial charge in [0.25, 0.3) is 0 Å². The van der Waals surface area contributed by atoms with E-state index in [1.54, 1.807) is 60.8 Å². The van der Waals surface area contributed by atoms with Crippen molar-refractivity contribution in [3.05, 3.63) is 83.4 Å². The van der Waals surface area contributed by atoms with Gasteiger partial charge in [0.1, 0.15) is 11.3 Å². The van der Waals surface area contributed by atoms with Crippen LogP contribution in [0.3, 0.4) is 0 Å². The van der Waals surface area contributed by atoms with Gasteiger partial charge in [-0.2, -0.15) is 5.10 Å². The molecule has 0 aliphatic carbocycles. The first-order valence-corrected chi connectivity index (χ1v) is 9.76. The molecular weight excluding hydrogens is 412 g/mol. The zero-order valence-corrected chi connectivity index (χ0v) is 17.6. The number of carboxylic acids is 1. The summed E-state index contributed by atoms with van der Waals surface area (Å²) in [5, 5.41) is 13.1. The lowest BCUT2D eigenvalue weighted by Gasteiger charge is -2.12. The van der Waals surface area contributed by atoms with E-state index in [4.69, 9.17) is 19.3 Å². The SMILES string of the molecule is CCOc1cc(/C=N\Nc2ccc(C(=O)O)cc2)ccc1OC(=O)c1ccccc1OC. The molecule has 0 aliphatic rings. The molecule has 0 spiro atoms. The van der Waals surface area contributed by atoms with E-state index < -0.39 is 11.9 Å². The van der Waals surface area contributed by atoms with Crippen LogP contribution in [-0.4, -0.2) is 37.0 Å². The molecule has 3 aromatic rings. The zero-order valence-electron chi connectivity index (χ0n) is 17.6. The molecule has 0 saturated heterocycles. The molecule has 0 radical (unpaired) electrons. The highest BCUT2D eigenvalue weighted by Crippen LogP contribution is 2.30. The lowest BCUT2D eigenvalue weighted by molar-refractivity contribution is 0.0693. The minimum atomic E-state index is -0.991. The van der Waals surface area contributed by atoms with Gasteiger partial charge >= 0.3 is 11.9 Å². The molecule has 164 valence electrons. The maximum Gasteiger partial charge on any atom is 0.347 e. The largest absolute Gasteiger partial charge is 0.496 e. The smallest absolute Gasteiger partial charge is 0.347 e. The van der Waals surface area contributed by atoms with Gasteiger partial charge < -0.3 is 19.3 Å². The Morgan fingerprint density at radius 2 is 1.75 bits per heavy atom.